The maximum Gasteiger partial charge on any atom is 0.485 e. The Kier molecular flexibility index (Phi) is 10.4. The fourth-order valence-corrected chi connectivity index (χ4v) is 2.00. The molecule has 23 heavy (non-hydrogen) atoms. The van der Waals surface area contributed by atoms with Crippen molar-refractivity contribution in [3.63, 3.8) is 0 Å². The van der Waals surface area contributed by atoms with Gasteiger partial charge in [0.1, 0.15) is 6.20 Å². The van der Waals surface area contributed by atoms with Crippen LogP contribution in [0.4, 0.5) is 13.2 Å². The molecule has 0 aromatic heterocycles. The van der Waals surface area contributed by atoms with Crippen molar-refractivity contribution < 1.29 is 31.0 Å². The highest BCUT2D eigenvalue weighted by atomic mass is 32.2. The monoisotopic (exact) mass is 357 g/mol. The van der Waals surface area contributed by atoms with Crippen LogP contribution in [0, 0.1) is 0 Å². The molecule has 1 unspecified atom stereocenters. The quantitative estimate of drug-likeness (QED) is 0.412. The Morgan fingerprint density at radius 2 is 1.65 bits per heavy atom. The van der Waals surface area contributed by atoms with Gasteiger partial charge < -0.3 is 4.55 Å². The average Bonchev–Trinajstić information content (AvgIpc) is 2.88. The summed E-state index contributed by atoms with van der Waals surface area (Å²) >= 11 is 0. The number of allylic oxidation sites excluding steroid dienone is 2. The molecular formula is C15H26F3NO3S. The number of halogens is 3. The summed E-state index contributed by atoms with van der Waals surface area (Å²) in [6, 6.07) is 0. The Balaban J connectivity index is 0.000000515. The Hall–Kier alpha value is -0.860. The van der Waals surface area contributed by atoms with Crippen LogP contribution in [0.1, 0.15) is 58.8 Å². The highest BCUT2D eigenvalue weighted by Crippen LogP contribution is 2.20. The Bertz CT molecular complexity index is 485. The van der Waals surface area contributed by atoms with Crippen LogP contribution in [0.5, 0.6) is 0 Å². The summed E-state index contributed by atoms with van der Waals surface area (Å²) in [6.45, 7) is 5.81. The van der Waals surface area contributed by atoms with Crippen molar-refractivity contribution >= 4 is 10.1 Å². The third-order valence-corrected chi connectivity index (χ3v) is 3.87. The van der Waals surface area contributed by atoms with E-state index in [4.69, 9.17) is 13.0 Å². The molecule has 0 saturated carbocycles. The van der Waals surface area contributed by atoms with Crippen molar-refractivity contribution in [2.45, 2.75) is 64.3 Å². The summed E-state index contributed by atoms with van der Waals surface area (Å²) in [5, 5.41) is 0. The van der Waals surface area contributed by atoms with Crippen LogP contribution in [-0.4, -0.2) is 25.0 Å². The standard InChI is InChI=1S/C14H25N.CHF3O3S/c1-3-5-7-8-11-15-12-10-14(13-15)9-6-4-2;2-1(3,4)8(5,6)7/h10,12-13H,3-9,11H2,1-2H3;(H,5,6,7). The van der Waals surface area contributed by atoms with Crippen LogP contribution < -0.4 is 4.90 Å². The van der Waals surface area contributed by atoms with Crippen molar-refractivity contribution in [3.8, 4) is 0 Å². The van der Waals surface area contributed by atoms with E-state index in [1.807, 2.05) is 0 Å². The van der Waals surface area contributed by atoms with Gasteiger partial charge in [-0.1, -0.05) is 33.1 Å². The first-order valence-electron chi connectivity index (χ1n) is 7.88. The van der Waals surface area contributed by atoms with Gasteiger partial charge in [0.25, 0.3) is 0 Å². The van der Waals surface area contributed by atoms with Crippen molar-refractivity contribution in [2.75, 3.05) is 6.54 Å². The van der Waals surface area contributed by atoms with E-state index in [2.05, 4.69) is 32.3 Å². The van der Waals surface area contributed by atoms with Gasteiger partial charge in [0.15, 0.2) is 10.1 Å². The molecule has 8 heteroatoms. The summed E-state index contributed by atoms with van der Waals surface area (Å²) in [6.07, 6.45) is 16.4. The normalized spacial score (nSPS) is 17.7. The van der Waals surface area contributed by atoms with Crippen molar-refractivity contribution in [3.05, 3.63) is 24.0 Å². The van der Waals surface area contributed by atoms with E-state index in [0.717, 1.165) is 0 Å². The van der Waals surface area contributed by atoms with Gasteiger partial charge >= 0.3 is 5.51 Å². The lowest BCUT2D eigenvalue weighted by molar-refractivity contribution is -0.788. The highest BCUT2D eigenvalue weighted by Gasteiger charge is 2.36. The topological polar surface area (TPSA) is 61.6 Å². The van der Waals surface area contributed by atoms with Crippen LogP contribution in [0.3, 0.4) is 0 Å². The Labute approximate surface area is 136 Å². The lowest BCUT2D eigenvalue weighted by Crippen LogP contribution is -3.01. The highest BCUT2D eigenvalue weighted by molar-refractivity contribution is 7.86. The lowest BCUT2D eigenvalue weighted by atomic mass is 10.1. The van der Waals surface area contributed by atoms with E-state index < -0.39 is 15.6 Å². The fourth-order valence-electron chi connectivity index (χ4n) is 2.00. The van der Waals surface area contributed by atoms with E-state index >= 15 is 0 Å². The van der Waals surface area contributed by atoms with Gasteiger partial charge in [-0.15, -0.1) is 0 Å². The van der Waals surface area contributed by atoms with Crippen molar-refractivity contribution in [1.29, 1.82) is 0 Å². The summed E-state index contributed by atoms with van der Waals surface area (Å²) < 4.78 is 58.9. The SMILES string of the molecule is CCCCCC[NH+]1C=CC(CCCC)=C1.O=S(=O)([O-])C(F)(F)F. The molecule has 136 valence electrons. The maximum atomic E-state index is 10.7. The van der Waals surface area contributed by atoms with E-state index in [-0.39, 0.29) is 0 Å². The number of hydrogen-bond donors (Lipinski definition) is 1. The fraction of sp³-hybridized carbons (Fsp3) is 0.733. The minimum atomic E-state index is -6.09. The molecule has 0 fully saturated rings. The van der Waals surface area contributed by atoms with Gasteiger partial charge in [-0.2, -0.15) is 13.2 Å². The zero-order valence-corrected chi connectivity index (χ0v) is 14.5. The minimum absolute atomic E-state index is 1.27. The van der Waals surface area contributed by atoms with Gasteiger partial charge in [-0.05, 0) is 25.7 Å². The van der Waals surface area contributed by atoms with Gasteiger partial charge in [0, 0.05) is 11.6 Å². The summed E-state index contributed by atoms with van der Waals surface area (Å²) in [5.74, 6) is 0. The molecule has 0 spiro atoms. The van der Waals surface area contributed by atoms with Crippen LogP contribution >= 0.6 is 0 Å². The van der Waals surface area contributed by atoms with Crippen molar-refractivity contribution in [1.82, 2.24) is 0 Å². The second-order valence-electron chi connectivity index (χ2n) is 5.44. The van der Waals surface area contributed by atoms with Gasteiger partial charge in [0.05, 0.1) is 12.7 Å². The molecule has 0 bridgehead atoms. The second-order valence-corrected chi connectivity index (χ2v) is 6.81. The number of nitrogens with one attached hydrogen (secondary N) is 1. The molecule has 0 radical (unpaired) electrons. The first-order chi connectivity index (χ1) is 10.6. The second kappa shape index (κ2) is 10.8. The minimum Gasteiger partial charge on any atom is -0.741 e. The predicted octanol–water partition coefficient (Wildman–Crippen LogP) is 3.10. The molecule has 0 aromatic carbocycles. The molecule has 1 aliphatic rings. The third kappa shape index (κ3) is 10.5. The lowest BCUT2D eigenvalue weighted by Gasteiger charge is -2.08. The molecule has 0 saturated heterocycles. The third-order valence-electron chi connectivity index (χ3n) is 3.30. The largest absolute Gasteiger partial charge is 0.741 e. The summed E-state index contributed by atoms with van der Waals surface area (Å²) in [5.41, 5.74) is -4.10. The van der Waals surface area contributed by atoms with Crippen LogP contribution in [-0.2, 0) is 10.1 Å². The maximum absolute atomic E-state index is 10.7. The van der Waals surface area contributed by atoms with Crippen LogP contribution in [0.25, 0.3) is 0 Å². The van der Waals surface area contributed by atoms with E-state index in [1.54, 1.807) is 10.5 Å². The van der Waals surface area contributed by atoms with Crippen molar-refractivity contribution in [2.24, 2.45) is 0 Å². The number of alkyl halides is 3. The molecule has 0 aliphatic carbocycles. The average molecular weight is 357 g/mol. The Morgan fingerprint density at radius 1 is 1.09 bits per heavy atom. The zero-order chi connectivity index (χ0) is 17.9. The molecule has 0 amide bonds. The van der Waals surface area contributed by atoms with Crippen LogP contribution in [0.15, 0.2) is 24.0 Å². The Morgan fingerprint density at radius 3 is 2.13 bits per heavy atom. The number of quaternary nitrogens is 1. The summed E-state index contributed by atoms with van der Waals surface area (Å²) in [7, 11) is -6.09. The molecule has 1 N–H and O–H groups in total. The summed E-state index contributed by atoms with van der Waals surface area (Å²) in [4.78, 5) is 1.55. The zero-order valence-electron chi connectivity index (χ0n) is 13.7. The van der Waals surface area contributed by atoms with Gasteiger partial charge in [0.2, 0.25) is 0 Å². The molecule has 4 nitrogen and oxygen atoms in total. The van der Waals surface area contributed by atoms with E-state index in [9.17, 15) is 13.2 Å². The van der Waals surface area contributed by atoms with Gasteiger partial charge in [-0.25, -0.2) is 8.42 Å². The molecule has 1 rings (SSSR count). The first kappa shape index (κ1) is 22.1. The molecule has 1 atom stereocenters. The molecule has 0 aromatic rings. The number of hydrogen-bond acceptors (Lipinski definition) is 3. The molecular weight excluding hydrogens is 331 g/mol. The molecule has 1 heterocycles. The predicted molar refractivity (Wildman–Crippen MR) is 82.5 cm³/mol. The first-order valence-corrected chi connectivity index (χ1v) is 9.29. The van der Waals surface area contributed by atoms with Crippen LogP contribution in [0.2, 0.25) is 0 Å². The molecule has 1 aliphatic heterocycles. The van der Waals surface area contributed by atoms with E-state index in [1.165, 1.54) is 51.5 Å². The van der Waals surface area contributed by atoms with Gasteiger partial charge in [-0.3, -0.25) is 4.90 Å². The number of rotatable bonds is 8. The smallest absolute Gasteiger partial charge is 0.485 e. The van der Waals surface area contributed by atoms with E-state index in [0.29, 0.717) is 0 Å². The number of unbranched alkanes of at least 4 members (excludes halogenated alkanes) is 4.